The van der Waals surface area contributed by atoms with Crippen LogP contribution in [0.2, 0.25) is 0 Å². The molecule has 0 aliphatic rings. The summed E-state index contributed by atoms with van der Waals surface area (Å²) in [5.41, 5.74) is 3.10. The highest BCUT2D eigenvalue weighted by Crippen LogP contribution is 2.09. The number of hydrogen-bond acceptors (Lipinski definition) is 6. The summed E-state index contributed by atoms with van der Waals surface area (Å²) in [5.74, 6) is -0.00605. The average Bonchev–Trinajstić information content (AvgIpc) is 2.47. The predicted molar refractivity (Wildman–Crippen MR) is 72.7 cm³/mol. The van der Waals surface area contributed by atoms with Gasteiger partial charge in [0.2, 0.25) is 0 Å². The molecule has 1 amide bonds. The molecule has 0 aromatic carbocycles. The Hall–Kier alpha value is -2.28. The first kappa shape index (κ1) is 13.2. The summed E-state index contributed by atoms with van der Waals surface area (Å²) >= 11 is 1.25. The van der Waals surface area contributed by atoms with Gasteiger partial charge in [-0.3, -0.25) is 9.78 Å². The van der Waals surface area contributed by atoms with Crippen LogP contribution in [-0.4, -0.2) is 32.8 Å². The third kappa shape index (κ3) is 4.84. The predicted octanol–water partition coefficient (Wildman–Crippen LogP) is 1.11. The quantitative estimate of drug-likeness (QED) is 0.382. The molecular formula is C12H11N5OS. The molecule has 1 N–H and O–H groups in total. The second kappa shape index (κ2) is 7.22. The van der Waals surface area contributed by atoms with Crippen LogP contribution in [0.3, 0.4) is 0 Å². The number of nitrogens with zero attached hydrogens (tertiary/aromatic N) is 4. The topological polar surface area (TPSA) is 80.1 Å². The molecule has 0 saturated heterocycles. The molecule has 0 unspecified atom stereocenters. The molecule has 0 aliphatic heterocycles. The Balaban J connectivity index is 1.75. The first-order chi connectivity index (χ1) is 9.34. The molecule has 0 saturated carbocycles. The summed E-state index contributed by atoms with van der Waals surface area (Å²) in [6.45, 7) is 0. The van der Waals surface area contributed by atoms with E-state index in [0.29, 0.717) is 10.9 Å². The second-order valence-electron chi connectivity index (χ2n) is 3.37. The number of amides is 1. The van der Waals surface area contributed by atoms with E-state index in [4.69, 9.17) is 0 Å². The molecule has 0 radical (unpaired) electrons. The van der Waals surface area contributed by atoms with Crippen LogP contribution in [0.1, 0.15) is 5.69 Å². The van der Waals surface area contributed by atoms with Crippen molar-refractivity contribution in [1.82, 2.24) is 20.4 Å². The van der Waals surface area contributed by atoms with Gasteiger partial charge >= 0.3 is 0 Å². The van der Waals surface area contributed by atoms with Crippen molar-refractivity contribution >= 4 is 23.9 Å². The van der Waals surface area contributed by atoms with Crippen LogP contribution in [0.4, 0.5) is 0 Å². The number of carbonyl (C=O) groups is 1. The van der Waals surface area contributed by atoms with Crippen LogP contribution in [-0.2, 0) is 4.79 Å². The molecule has 0 spiro atoms. The summed E-state index contributed by atoms with van der Waals surface area (Å²) in [5, 5.41) is 4.37. The third-order valence-corrected chi connectivity index (χ3v) is 2.82. The van der Waals surface area contributed by atoms with Crippen molar-refractivity contribution in [3.05, 3.63) is 48.5 Å². The van der Waals surface area contributed by atoms with E-state index in [1.165, 1.54) is 18.0 Å². The average molecular weight is 273 g/mol. The lowest BCUT2D eigenvalue weighted by atomic mass is 10.4. The van der Waals surface area contributed by atoms with Crippen LogP contribution in [0.15, 0.2) is 53.1 Å². The summed E-state index contributed by atoms with van der Waals surface area (Å²) in [6.07, 6.45) is 6.41. The zero-order valence-electron chi connectivity index (χ0n) is 9.93. The Bertz CT molecular complexity index is 547. The van der Waals surface area contributed by atoms with E-state index in [1.807, 2.05) is 12.1 Å². The molecule has 96 valence electrons. The van der Waals surface area contributed by atoms with E-state index in [-0.39, 0.29) is 11.7 Å². The van der Waals surface area contributed by atoms with Crippen LogP contribution in [0, 0.1) is 0 Å². The lowest BCUT2D eigenvalue weighted by Gasteiger charge is -1.98. The highest BCUT2D eigenvalue weighted by molar-refractivity contribution is 7.99. The second-order valence-corrected chi connectivity index (χ2v) is 4.31. The number of rotatable bonds is 5. The fourth-order valence-corrected chi connectivity index (χ4v) is 1.74. The first-order valence-corrected chi connectivity index (χ1v) is 6.46. The maximum Gasteiger partial charge on any atom is 0.250 e. The van der Waals surface area contributed by atoms with Crippen LogP contribution >= 0.6 is 11.8 Å². The number of carbonyl (C=O) groups excluding carboxylic acids is 1. The largest absolute Gasteiger partial charge is 0.272 e. The maximum atomic E-state index is 11.5. The molecule has 2 rings (SSSR count). The molecule has 2 heterocycles. The number of thioether (sulfide) groups is 1. The van der Waals surface area contributed by atoms with Gasteiger partial charge in [0, 0.05) is 18.6 Å². The van der Waals surface area contributed by atoms with Gasteiger partial charge in [0.25, 0.3) is 5.91 Å². The van der Waals surface area contributed by atoms with E-state index in [1.54, 1.807) is 30.7 Å². The van der Waals surface area contributed by atoms with Crippen LogP contribution in [0.25, 0.3) is 0 Å². The standard InChI is InChI=1S/C12H11N5OS/c18-11(9-19-12-14-6-3-7-15-12)17-16-8-10-4-1-2-5-13-10/h1-8H,9H2,(H,17,18)/b16-8-. The van der Waals surface area contributed by atoms with Crippen molar-refractivity contribution in [2.24, 2.45) is 5.10 Å². The number of nitrogens with one attached hydrogen (secondary N) is 1. The first-order valence-electron chi connectivity index (χ1n) is 5.47. The lowest BCUT2D eigenvalue weighted by Crippen LogP contribution is -2.19. The van der Waals surface area contributed by atoms with Gasteiger partial charge < -0.3 is 0 Å². The Morgan fingerprint density at radius 2 is 2.00 bits per heavy atom. The zero-order valence-corrected chi connectivity index (χ0v) is 10.7. The Morgan fingerprint density at radius 1 is 1.21 bits per heavy atom. The SMILES string of the molecule is O=C(CSc1ncccn1)N/N=C\c1ccccn1. The molecule has 0 fully saturated rings. The minimum atomic E-state index is -0.218. The molecule has 0 atom stereocenters. The van der Waals surface area contributed by atoms with Gasteiger partial charge in [-0.15, -0.1) is 0 Å². The zero-order chi connectivity index (χ0) is 13.3. The number of pyridine rings is 1. The van der Waals surface area contributed by atoms with Crippen molar-refractivity contribution in [1.29, 1.82) is 0 Å². The molecule has 6 nitrogen and oxygen atoms in total. The highest BCUT2D eigenvalue weighted by atomic mass is 32.2. The van der Waals surface area contributed by atoms with Gasteiger partial charge in [-0.1, -0.05) is 17.8 Å². The van der Waals surface area contributed by atoms with Crippen molar-refractivity contribution in [2.75, 3.05) is 5.75 Å². The Labute approximate surface area is 114 Å². The maximum absolute atomic E-state index is 11.5. The third-order valence-electron chi connectivity index (χ3n) is 1.95. The molecule has 19 heavy (non-hydrogen) atoms. The van der Waals surface area contributed by atoms with Crippen molar-refractivity contribution in [2.45, 2.75) is 5.16 Å². The summed E-state index contributed by atoms with van der Waals surface area (Å²) in [6, 6.07) is 7.18. The van der Waals surface area contributed by atoms with E-state index in [2.05, 4.69) is 25.5 Å². The van der Waals surface area contributed by atoms with Gasteiger partial charge in [-0.05, 0) is 18.2 Å². The molecule has 2 aromatic heterocycles. The minimum absolute atomic E-state index is 0.212. The lowest BCUT2D eigenvalue weighted by molar-refractivity contribution is -0.118. The number of hydrazone groups is 1. The van der Waals surface area contributed by atoms with Crippen LogP contribution in [0.5, 0.6) is 0 Å². The molecule has 0 aliphatic carbocycles. The molecular weight excluding hydrogens is 262 g/mol. The smallest absolute Gasteiger partial charge is 0.250 e. The van der Waals surface area contributed by atoms with Gasteiger partial charge in [0.1, 0.15) is 0 Å². The van der Waals surface area contributed by atoms with Gasteiger partial charge in [-0.25, -0.2) is 15.4 Å². The monoisotopic (exact) mass is 273 g/mol. The van der Waals surface area contributed by atoms with Gasteiger partial charge in [0.05, 0.1) is 17.7 Å². The fraction of sp³-hybridized carbons (Fsp3) is 0.0833. The Kier molecular flexibility index (Phi) is 5.00. The molecule has 0 bridgehead atoms. The molecule has 7 heteroatoms. The normalized spacial score (nSPS) is 10.5. The Morgan fingerprint density at radius 3 is 2.74 bits per heavy atom. The van der Waals surface area contributed by atoms with E-state index < -0.39 is 0 Å². The van der Waals surface area contributed by atoms with Crippen LogP contribution < -0.4 is 5.43 Å². The summed E-state index contributed by atoms with van der Waals surface area (Å²) in [4.78, 5) is 23.5. The summed E-state index contributed by atoms with van der Waals surface area (Å²) in [7, 11) is 0. The minimum Gasteiger partial charge on any atom is -0.272 e. The van der Waals surface area contributed by atoms with E-state index in [0.717, 1.165) is 0 Å². The number of hydrogen-bond donors (Lipinski definition) is 1. The van der Waals surface area contributed by atoms with Crippen molar-refractivity contribution < 1.29 is 4.79 Å². The molecule has 2 aromatic rings. The van der Waals surface area contributed by atoms with Crippen molar-refractivity contribution in [3.63, 3.8) is 0 Å². The van der Waals surface area contributed by atoms with E-state index >= 15 is 0 Å². The number of aromatic nitrogens is 3. The summed E-state index contributed by atoms with van der Waals surface area (Å²) < 4.78 is 0. The van der Waals surface area contributed by atoms with Crippen molar-refractivity contribution in [3.8, 4) is 0 Å². The van der Waals surface area contributed by atoms with Gasteiger partial charge in [-0.2, -0.15) is 5.10 Å². The van der Waals surface area contributed by atoms with Gasteiger partial charge in [0.15, 0.2) is 5.16 Å². The van der Waals surface area contributed by atoms with E-state index in [9.17, 15) is 4.79 Å². The highest BCUT2D eigenvalue weighted by Gasteiger charge is 2.02. The fourth-order valence-electron chi connectivity index (χ4n) is 1.15.